The average Bonchev–Trinajstić information content (AvgIpc) is 2.97. The van der Waals surface area contributed by atoms with Gasteiger partial charge in [-0.1, -0.05) is 12.1 Å². The number of nitrogens with one attached hydrogen (secondary N) is 2. The quantitative estimate of drug-likeness (QED) is 0.754. The molecule has 1 aromatic heterocycles. The summed E-state index contributed by atoms with van der Waals surface area (Å²) in [6.45, 7) is 0.374. The number of aromatic nitrogens is 2. The number of aryl methyl sites for hydroxylation is 1. The highest BCUT2D eigenvalue weighted by atomic mass is 32.2. The fourth-order valence-corrected chi connectivity index (χ4v) is 3.05. The zero-order valence-corrected chi connectivity index (χ0v) is 12.2. The van der Waals surface area contributed by atoms with E-state index in [1.54, 1.807) is 36.7 Å². The Labute approximate surface area is 123 Å². The second-order valence-electron chi connectivity index (χ2n) is 4.60. The summed E-state index contributed by atoms with van der Waals surface area (Å²) < 4.78 is 26.4. The van der Waals surface area contributed by atoms with Crippen molar-refractivity contribution in [2.24, 2.45) is 0 Å². The lowest BCUT2D eigenvalue weighted by atomic mass is 10.2. The SMILES string of the molecule is N#Cc1ccc(CS(=O)(=O)NCCCc2ncc[nH]2)cc1. The minimum absolute atomic E-state index is 0.0839. The lowest BCUT2D eigenvalue weighted by Crippen LogP contribution is -2.26. The average molecular weight is 304 g/mol. The van der Waals surface area contributed by atoms with Crippen molar-refractivity contribution in [3.05, 3.63) is 53.6 Å². The lowest BCUT2D eigenvalue weighted by Gasteiger charge is -2.06. The molecule has 0 spiro atoms. The van der Waals surface area contributed by atoms with E-state index in [9.17, 15) is 8.42 Å². The van der Waals surface area contributed by atoms with Gasteiger partial charge in [0.2, 0.25) is 10.0 Å². The zero-order chi connectivity index (χ0) is 15.1. The maximum absolute atomic E-state index is 11.9. The maximum atomic E-state index is 11.9. The number of hydrogen-bond donors (Lipinski definition) is 2. The van der Waals surface area contributed by atoms with Gasteiger partial charge in [0.1, 0.15) is 5.82 Å². The van der Waals surface area contributed by atoms with Gasteiger partial charge in [0.25, 0.3) is 0 Å². The van der Waals surface area contributed by atoms with Gasteiger partial charge in [-0.15, -0.1) is 0 Å². The van der Waals surface area contributed by atoms with Crippen molar-refractivity contribution >= 4 is 10.0 Å². The van der Waals surface area contributed by atoms with Crippen molar-refractivity contribution in [3.8, 4) is 6.07 Å². The minimum atomic E-state index is -3.36. The van der Waals surface area contributed by atoms with Crippen LogP contribution in [0.5, 0.6) is 0 Å². The van der Waals surface area contributed by atoms with Gasteiger partial charge in [-0.05, 0) is 24.1 Å². The van der Waals surface area contributed by atoms with Gasteiger partial charge in [-0.25, -0.2) is 18.1 Å². The van der Waals surface area contributed by atoms with Crippen LogP contribution >= 0.6 is 0 Å². The molecule has 0 bridgehead atoms. The summed E-state index contributed by atoms with van der Waals surface area (Å²) in [6, 6.07) is 8.53. The summed E-state index contributed by atoms with van der Waals surface area (Å²) in [4.78, 5) is 7.05. The van der Waals surface area contributed by atoms with E-state index in [2.05, 4.69) is 14.7 Å². The third kappa shape index (κ3) is 5.02. The number of sulfonamides is 1. The Balaban J connectivity index is 1.79. The number of benzene rings is 1. The molecule has 0 aliphatic heterocycles. The summed E-state index contributed by atoms with van der Waals surface area (Å²) >= 11 is 0. The first-order chi connectivity index (χ1) is 10.1. The van der Waals surface area contributed by atoms with Crippen LogP contribution in [0.25, 0.3) is 0 Å². The number of aromatic amines is 1. The van der Waals surface area contributed by atoms with Crippen molar-refractivity contribution < 1.29 is 8.42 Å². The predicted molar refractivity (Wildman–Crippen MR) is 78.7 cm³/mol. The largest absolute Gasteiger partial charge is 0.349 e. The summed E-state index contributed by atoms with van der Waals surface area (Å²) in [5, 5.41) is 8.69. The maximum Gasteiger partial charge on any atom is 0.215 e. The van der Waals surface area contributed by atoms with Crippen molar-refractivity contribution in [1.29, 1.82) is 5.26 Å². The summed E-state index contributed by atoms with van der Waals surface area (Å²) in [6.07, 6.45) is 4.79. The van der Waals surface area contributed by atoms with Gasteiger partial charge in [0.15, 0.2) is 0 Å². The second kappa shape index (κ2) is 7.02. The van der Waals surface area contributed by atoms with Gasteiger partial charge < -0.3 is 4.98 Å². The van der Waals surface area contributed by atoms with Crippen LogP contribution in [-0.2, 0) is 22.2 Å². The zero-order valence-electron chi connectivity index (χ0n) is 11.4. The number of rotatable bonds is 7. The second-order valence-corrected chi connectivity index (χ2v) is 6.41. The number of nitrogens with zero attached hydrogens (tertiary/aromatic N) is 2. The third-order valence-corrected chi connectivity index (χ3v) is 4.26. The molecule has 0 saturated carbocycles. The molecule has 0 radical (unpaired) electrons. The van der Waals surface area contributed by atoms with E-state index in [4.69, 9.17) is 5.26 Å². The molecule has 1 heterocycles. The Kier molecular flexibility index (Phi) is 5.09. The van der Waals surface area contributed by atoms with E-state index in [1.807, 2.05) is 6.07 Å². The summed E-state index contributed by atoms with van der Waals surface area (Å²) in [7, 11) is -3.36. The van der Waals surface area contributed by atoms with Gasteiger partial charge in [0.05, 0.1) is 17.4 Å². The van der Waals surface area contributed by atoms with Crippen LogP contribution in [0.1, 0.15) is 23.4 Å². The number of H-pyrrole nitrogens is 1. The Morgan fingerprint density at radius 2 is 2.05 bits per heavy atom. The topological polar surface area (TPSA) is 98.6 Å². The molecule has 0 amide bonds. The van der Waals surface area contributed by atoms with Crippen LogP contribution in [-0.4, -0.2) is 24.9 Å². The first-order valence-corrected chi connectivity index (χ1v) is 8.19. The molecule has 21 heavy (non-hydrogen) atoms. The molecule has 0 aliphatic carbocycles. The Morgan fingerprint density at radius 1 is 1.29 bits per heavy atom. The van der Waals surface area contributed by atoms with E-state index in [-0.39, 0.29) is 5.75 Å². The molecule has 2 aromatic rings. The van der Waals surface area contributed by atoms with E-state index in [0.717, 1.165) is 5.82 Å². The highest BCUT2D eigenvalue weighted by Gasteiger charge is 2.10. The van der Waals surface area contributed by atoms with Crippen molar-refractivity contribution in [2.45, 2.75) is 18.6 Å². The Bertz CT molecular complexity index is 700. The first kappa shape index (κ1) is 15.2. The third-order valence-electron chi connectivity index (χ3n) is 2.91. The van der Waals surface area contributed by atoms with Crippen LogP contribution in [0.15, 0.2) is 36.7 Å². The predicted octanol–water partition coefficient (Wildman–Crippen LogP) is 1.33. The van der Waals surface area contributed by atoms with Crippen molar-refractivity contribution in [3.63, 3.8) is 0 Å². The molecule has 0 aliphatic rings. The first-order valence-electron chi connectivity index (χ1n) is 6.54. The molecular formula is C14H16N4O2S. The van der Waals surface area contributed by atoms with E-state index >= 15 is 0 Å². The number of nitriles is 1. The highest BCUT2D eigenvalue weighted by Crippen LogP contribution is 2.07. The molecule has 110 valence electrons. The van der Waals surface area contributed by atoms with Gasteiger partial charge in [-0.3, -0.25) is 0 Å². The highest BCUT2D eigenvalue weighted by molar-refractivity contribution is 7.88. The molecule has 2 rings (SSSR count). The minimum Gasteiger partial charge on any atom is -0.349 e. The summed E-state index contributed by atoms with van der Waals surface area (Å²) in [5.74, 6) is 0.765. The smallest absolute Gasteiger partial charge is 0.215 e. The molecule has 7 heteroatoms. The molecule has 0 atom stereocenters. The van der Waals surface area contributed by atoms with Crippen LogP contribution in [0.4, 0.5) is 0 Å². The molecule has 2 N–H and O–H groups in total. The fraction of sp³-hybridized carbons (Fsp3) is 0.286. The molecule has 0 fully saturated rings. The van der Waals surface area contributed by atoms with E-state index < -0.39 is 10.0 Å². The molecule has 6 nitrogen and oxygen atoms in total. The van der Waals surface area contributed by atoms with Crippen LogP contribution in [0, 0.1) is 11.3 Å². The normalized spacial score (nSPS) is 11.2. The Morgan fingerprint density at radius 3 is 2.67 bits per heavy atom. The van der Waals surface area contributed by atoms with Gasteiger partial charge in [0, 0.05) is 25.4 Å². The standard InChI is InChI=1S/C14H16N4O2S/c15-10-12-3-5-13(6-4-12)11-21(19,20)18-7-1-2-14-16-8-9-17-14/h3-6,8-9,18H,1-2,7,11H2,(H,16,17). The van der Waals surface area contributed by atoms with Crippen molar-refractivity contribution in [1.82, 2.24) is 14.7 Å². The fourth-order valence-electron chi connectivity index (χ4n) is 1.86. The van der Waals surface area contributed by atoms with E-state index in [0.29, 0.717) is 30.5 Å². The molecule has 0 saturated heterocycles. The summed E-state index contributed by atoms with van der Waals surface area (Å²) in [5.41, 5.74) is 1.18. The Hall–Kier alpha value is -2.17. The van der Waals surface area contributed by atoms with Gasteiger partial charge in [-0.2, -0.15) is 5.26 Å². The van der Waals surface area contributed by atoms with Crippen molar-refractivity contribution in [2.75, 3.05) is 6.54 Å². The van der Waals surface area contributed by atoms with E-state index in [1.165, 1.54) is 0 Å². The van der Waals surface area contributed by atoms with Crippen LogP contribution in [0.2, 0.25) is 0 Å². The van der Waals surface area contributed by atoms with Crippen LogP contribution < -0.4 is 4.72 Å². The molecular weight excluding hydrogens is 288 g/mol. The molecule has 1 aromatic carbocycles. The number of hydrogen-bond acceptors (Lipinski definition) is 4. The molecule has 0 unspecified atom stereocenters. The van der Waals surface area contributed by atoms with Gasteiger partial charge >= 0.3 is 0 Å². The number of imidazole rings is 1. The lowest BCUT2D eigenvalue weighted by molar-refractivity contribution is 0.577. The monoisotopic (exact) mass is 304 g/mol. The van der Waals surface area contributed by atoms with Crippen LogP contribution in [0.3, 0.4) is 0 Å².